The Bertz CT molecular complexity index is 926. The molecule has 5 heteroatoms. The van der Waals surface area contributed by atoms with Crippen molar-refractivity contribution in [1.29, 1.82) is 0 Å². The number of benzene rings is 2. The van der Waals surface area contributed by atoms with E-state index in [1.807, 2.05) is 23.1 Å². The molecule has 1 aliphatic rings. The van der Waals surface area contributed by atoms with Gasteiger partial charge < -0.3 is 9.32 Å². The minimum Gasteiger partial charge on any atom is -0.441 e. The molecule has 0 N–H and O–H groups in total. The van der Waals surface area contributed by atoms with E-state index in [0.29, 0.717) is 18.7 Å². The molecule has 5 nitrogen and oxygen atoms in total. The lowest BCUT2D eigenvalue weighted by atomic mass is 10.1. The van der Waals surface area contributed by atoms with Gasteiger partial charge in [0.25, 0.3) is 0 Å². The van der Waals surface area contributed by atoms with Gasteiger partial charge >= 0.3 is 0 Å². The topological polar surface area (TPSA) is 49.6 Å². The van der Waals surface area contributed by atoms with Crippen LogP contribution >= 0.6 is 0 Å². The average Bonchev–Trinajstić information content (AvgIpc) is 3.23. The highest BCUT2D eigenvalue weighted by Crippen LogP contribution is 2.21. The average molecular weight is 389 g/mol. The van der Waals surface area contributed by atoms with E-state index in [2.05, 4.69) is 53.2 Å². The predicted octanol–water partition coefficient (Wildman–Crippen LogP) is 3.93. The number of aryl methyl sites for hydroxylation is 2. The SMILES string of the molecule is Cc1ccc(-c2cnc(CCC(=O)N3CCN(Cc4ccccc4)CC3)o2)cc1. The molecule has 29 heavy (non-hydrogen) atoms. The lowest BCUT2D eigenvalue weighted by molar-refractivity contribution is -0.133. The fourth-order valence-electron chi connectivity index (χ4n) is 3.65. The molecule has 1 saturated heterocycles. The van der Waals surface area contributed by atoms with Crippen LogP contribution in [0.25, 0.3) is 11.3 Å². The number of amides is 1. The first-order chi connectivity index (χ1) is 14.2. The third-order valence-electron chi connectivity index (χ3n) is 5.42. The molecule has 0 aliphatic carbocycles. The second-order valence-electron chi connectivity index (χ2n) is 7.63. The smallest absolute Gasteiger partial charge is 0.223 e. The molecule has 1 aliphatic heterocycles. The molecule has 2 aromatic carbocycles. The summed E-state index contributed by atoms with van der Waals surface area (Å²) in [4.78, 5) is 21.3. The highest BCUT2D eigenvalue weighted by molar-refractivity contribution is 5.76. The highest BCUT2D eigenvalue weighted by Gasteiger charge is 2.21. The molecule has 1 amide bonds. The Labute approximate surface area is 172 Å². The number of rotatable bonds is 6. The molecule has 1 aromatic heterocycles. The summed E-state index contributed by atoms with van der Waals surface area (Å²) in [6.45, 7) is 6.40. The predicted molar refractivity (Wildman–Crippen MR) is 113 cm³/mol. The minimum absolute atomic E-state index is 0.180. The van der Waals surface area contributed by atoms with Crippen LogP contribution in [-0.2, 0) is 17.8 Å². The number of hydrogen-bond donors (Lipinski definition) is 0. The van der Waals surface area contributed by atoms with Crippen LogP contribution in [0.1, 0.15) is 23.4 Å². The van der Waals surface area contributed by atoms with Crippen molar-refractivity contribution >= 4 is 5.91 Å². The van der Waals surface area contributed by atoms with E-state index in [9.17, 15) is 4.79 Å². The van der Waals surface area contributed by atoms with Crippen LogP contribution < -0.4 is 0 Å². The van der Waals surface area contributed by atoms with E-state index in [1.165, 1.54) is 11.1 Å². The van der Waals surface area contributed by atoms with Crippen LogP contribution in [0.4, 0.5) is 0 Å². The first-order valence-corrected chi connectivity index (χ1v) is 10.2. The van der Waals surface area contributed by atoms with Gasteiger partial charge in [-0.3, -0.25) is 9.69 Å². The van der Waals surface area contributed by atoms with Crippen LogP contribution in [0.2, 0.25) is 0 Å². The summed E-state index contributed by atoms with van der Waals surface area (Å²) in [5, 5.41) is 0. The van der Waals surface area contributed by atoms with Crippen molar-refractivity contribution in [3.05, 3.63) is 77.8 Å². The Balaban J connectivity index is 1.24. The quantitative estimate of drug-likeness (QED) is 0.641. The number of carbonyl (C=O) groups is 1. The number of carbonyl (C=O) groups excluding carboxylic acids is 1. The number of oxazole rings is 1. The summed E-state index contributed by atoms with van der Waals surface area (Å²) in [5.41, 5.74) is 3.54. The zero-order valence-corrected chi connectivity index (χ0v) is 16.9. The van der Waals surface area contributed by atoms with Crippen LogP contribution in [-0.4, -0.2) is 46.9 Å². The maximum Gasteiger partial charge on any atom is 0.223 e. The number of aromatic nitrogens is 1. The molecule has 0 unspecified atom stereocenters. The van der Waals surface area contributed by atoms with Crippen molar-refractivity contribution in [2.45, 2.75) is 26.3 Å². The van der Waals surface area contributed by atoms with Gasteiger partial charge in [0, 0.05) is 51.1 Å². The largest absolute Gasteiger partial charge is 0.441 e. The molecule has 0 spiro atoms. The van der Waals surface area contributed by atoms with Gasteiger partial charge in [-0.1, -0.05) is 60.2 Å². The highest BCUT2D eigenvalue weighted by atomic mass is 16.4. The summed E-state index contributed by atoms with van der Waals surface area (Å²) < 4.78 is 5.84. The van der Waals surface area contributed by atoms with E-state index in [1.54, 1.807) is 6.20 Å². The van der Waals surface area contributed by atoms with Crippen molar-refractivity contribution in [2.24, 2.45) is 0 Å². The molecular weight excluding hydrogens is 362 g/mol. The molecule has 1 fully saturated rings. The Morgan fingerprint density at radius 3 is 2.45 bits per heavy atom. The first-order valence-electron chi connectivity index (χ1n) is 10.2. The summed E-state index contributed by atoms with van der Waals surface area (Å²) in [7, 11) is 0. The van der Waals surface area contributed by atoms with Gasteiger partial charge in [-0.25, -0.2) is 4.98 Å². The molecular formula is C24H27N3O2. The Morgan fingerprint density at radius 2 is 1.72 bits per heavy atom. The third kappa shape index (κ3) is 5.12. The fourth-order valence-corrected chi connectivity index (χ4v) is 3.65. The lowest BCUT2D eigenvalue weighted by Crippen LogP contribution is -2.48. The van der Waals surface area contributed by atoms with Gasteiger partial charge in [-0.15, -0.1) is 0 Å². The molecule has 4 rings (SSSR count). The first kappa shape index (κ1) is 19.4. The van der Waals surface area contributed by atoms with Gasteiger partial charge in [0.1, 0.15) is 0 Å². The van der Waals surface area contributed by atoms with Gasteiger partial charge in [-0.05, 0) is 12.5 Å². The number of hydrogen-bond acceptors (Lipinski definition) is 4. The van der Waals surface area contributed by atoms with Crippen LogP contribution in [0.5, 0.6) is 0 Å². The lowest BCUT2D eigenvalue weighted by Gasteiger charge is -2.34. The molecule has 0 atom stereocenters. The van der Waals surface area contributed by atoms with Crippen LogP contribution in [0.15, 0.2) is 65.2 Å². The molecule has 0 saturated carbocycles. The molecule has 3 aromatic rings. The van der Waals surface area contributed by atoms with E-state index < -0.39 is 0 Å². The summed E-state index contributed by atoms with van der Waals surface area (Å²) in [6.07, 6.45) is 2.72. The van der Waals surface area contributed by atoms with E-state index in [-0.39, 0.29) is 5.91 Å². The molecule has 0 bridgehead atoms. The summed E-state index contributed by atoms with van der Waals surface area (Å²) in [5.74, 6) is 1.55. The Kier molecular flexibility index (Phi) is 6.06. The van der Waals surface area contributed by atoms with Gasteiger partial charge in [0.05, 0.1) is 6.20 Å². The maximum absolute atomic E-state index is 12.6. The Hall–Kier alpha value is -2.92. The molecule has 2 heterocycles. The number of piperazine rings is 1. The standard InChI is InChI=1S/C24H27N3O2/c1-19-7-9-21(10-8-19)22-17-25-23(29-22)11-12-24(28)27-15-13-26(14-16-27)18-20-5-3-2-4-6-20/h2-10,17H,11-16,18H2,1H3. The second kappa shape index (κ2) is 9.05. The normalized spacial score (nSPS) is 14.9. The molecule has 0 radical (unpaired) electrons. The third-order valence-corrected chi connectivity index (χ3v) is 5.42. The minimum atomic E-state index is 0.180. The van der Waals surface area contributed by atoms with Crippen molar-refractivity contribution < 1.29 is 9.21 Å². The van der Waals surface area contributed by atoms with Crippen molar-refractivity contribution in [3.63, 3.8) is 0 Å². The van der Waals surface area contributed by atoms with E-state index in [0.717, 1.165) is 44.0 Å². The molecule has 150 valence electrons. The monoisotopic (exact) mass is 389 g/mol. The second-order valence-corrected chi connectivity index (χ2v) is 7.63. The number of nitrogens with zero attached hydrogens (tertiary/aromatic N) is 3. The fraction of sp³-hybridized carbons (Fsp3) is 0.333. The van der Waals surface area contributed by atoms with Crippen LogP contribution in [0, 0.1) is 6.92 Å². The Morgan fingerprint density at radius 1 is 1.00 bits per heavy atom. The van der Waals surface area contributed by atoms with Gasteiger partial charge in [0.2, 0.25) is 5.91 Å². The van der Waals surface area contributed by atoms with Gasteiger partial charge in [0.15, 0.2) is 11.7 Å². The maximum atomic E-state index is 12.6. The van der Waals surface area contributed by atoms with Crippen molar-refractivity contribution in [2.75, 3.05) is 26.2 Å². The summed E-state index contributed by atoms with van der Waals surface area (Å²) in [6, 6.07) is 18.6. The van der Waals surface area contributed by atoms with Crippen molar-refractivity contribution in [1.82, 2.24) is 14.8 Å². The van der Waals surface area contributed by atoms with Crippen molar-refractivity contribution in [3.8, 4) is 11.3 Å². The van der Waals surface area contributed by atoms with E-state index in [4.69, 9.17) is 4.42 Å². The zero-order valence-electron chi connectivity index (χ0n) is 16.9. The zero-order chi connectivity index (χ0) is 20.1. The van der Waals surface area contributed by atoms with E-state index >= 15 is 0 Å². The summed E-state index contributed by atoms with van der Waals surface area (Å²) >= 11 is 0. The van der Waals surface area contributed by atoms with Gasteiger partial charge in [-0.2, -0.15) is 0 Å². The van der Waals surface area contributed by atoms with Crippen LogP contribution in [0.3, 0.4) is 0 Å².